The summed E-state index contributed by atoms with van der Waals surface area (Å²) in [6, 6.07) is 7.34. The van der Waals surface area contributed by atoms with Gasteiger partial charge in [-0.15, -0.1) is 11.8 Å². The molecule has 112 valence electrons. The number of nitrogens with one attached hydrogen (secondary N) is 1. The van der Waals surface area contributed by atoms with Crippen molar-refractivity contribution in [3.8, 4) is 0 Å². The molecule has 3 N–H and O–H groups in total. The molecule has 5 nitrogen and oxygen atoms in total. The van der Waals surface area contributed by atoms with Crippen LogP contribution in [0, 0.1) is 0 Å². The molecule has 1 heterocycles. The van der Waals surface area contributed by atoms with Gasteiger partial charge in [0.15, 0.2) is 0 Å². The number of thioether (sulfide) groups is 1. The van der Waals surface area contributed by atoms with Gasteiger partial charge in [0, 0.05) is 23.7 Å². The van der Waals surface area contributed by atoms with Crippen molar-refractivity contribution < 1.29 is 4.79 Å². The lowest BCUT2D eigenvalue weighted by molar-refractivity contribution is -0.123. The van der Waals surface area contributed by atoms with E-state index in [1.165, 1.54) is 4.90 Å². The van der Waals surface area contributed by atoms with Crippen LogP contribution in [0.3, 0.4) is 0 Å². The van der Waals surface area contributed by atoms with Crippen LogP contribution in [0.15, 0.2) is 41.6 Å². The number of benzene rings is 1. The van der Waals surface area contributed by atoms with Gasteiger partial charge >= 0.3 is 0 Å². The standard InChI is InChI=1S/C15H20N4OS/c1-10(11-4-6-13(21-3)7-5-11)18-15(20)14(16)12-8-17-19(2)9-12/h4-10,14H,16H2,1-3H3,(H,18,20). The van der Waals surface area contributed by atoms with Gasteiger partial charge in [-0.1, -0.05) is 12.1 Å². The molecule has 0 aliphatic heterocycles. The monoisotopic (exact) mass is 304 g/mol. The van der Waals surface area contributed by atoms with Crippen LogP contribution in [0.5, 0.6) is 0 Å². The maximum Gasteiger partial charge on any atom is 0.242 e. The number of amides is 1. The molecule has 1 aromatic carbocycles. The molecule has 6 heteroatoms. The molecule has 2 rings (SSSR count). The van der Waals surface area contributed by atoms with Gasteiger partial charge in [0.2, 0.25) is 5.91 Å². The molecule has 2 atom stereocenters. The van der Waals surface area contributed by atoms with E-state index in [2.05, 4.69) is 10.4 Å². The largest absolute Gasteiger partial charge is 0.348 e. The zero-order valence-corrected chi connectivity index (χ0v) is 13.2. The molecule has 0 aliphatic carbocycles. The van der Waals surface area contributed by atoms with Crippen molar-refractivity contribution in [1.29, 1.82) is 0 Å². The summed E-state index contributed by atoms with van der Waals surface area (Å²) in [5.41, 5.74) is 7.72. The maximum atomic E-state index is 12.2. The van der Waals surface area contributed by atoms with Gasteiger partial charge in [-0.25, -0.2) is 0 Å². The highest BCUT2D eigenvalue weighted by Crippen LogP contribution is 2.19. The lowest BCUT2D eigenvalue weighted by atomic mass is 10.1. The Morgan fingerprint density at radius 2 is 2.00 bits per heavy atom. The molecule has 0 saturated heterocycles. The number of carbonyl (C=O) groups is 1. The fourth-order valence-electron chi connectivity index (χ4n) is 2.03. The Morgan fingerprint density at radius 1 is 1.33 bits per heavy atom. The molecule has 2 unspecified atom stereocenters. The molecule has 0 fully saturated rings. The number of hydrogen-bond acceptors (Lipinski definition) is 4. The van der Waals surface area contributed by atoms with Gasteiger partial charge in [-0.05, 0) is 30.9 Å². The zero-order valence-electron chi connectivity index (χ0n) is 12.4. The highest BCUT2D eigenvalue weighted by molar-refractivity contribution is 7.98. The van der Waals surface area contributed by atoms with Crippen molar-refractivity contribution in [3.05, 3.63) is 47.8 Å². The van der Waals surface area contributed by atoms with E-state index in [0.29, 0.717) is 5.56 Å². The third-order valence-electron chi connectivity index (χ3n) is 3.34. The van der Waals surface area contributed by atoms with Gasteiger partial charge in [-0.3, -0.25) is 9.48 Å². The second-order valence-corrected chi connectivity index (χ2v) is 5.81. The second-order valence-electron chi connectivity index (χ2n) is 4.93. The van der Waals surface area contributed by atoms with Crippen molar-refractivity contribution in [3.63, 3.8) is 0 Å². The second kappa shape index (κ2) is 6.78. The first-order valence-electron chi connectivity index (χ1n) is 6.69. The normalized spacial score (nSPS) is 13.7. The summed E-state index contributed by atoms with van der Waals surface area (Å²) in [6.07, 6.45) is 5.40. The predicted molar refractivity (Wildman–Crippen MR) is 84.9 cm³/mol. The van der Waals surface area contributed by atoms with Crippen LogP contribution < -0.4 is 11.1 Å². The van der Waals surface area contributed by atoms with E-state index in [0.717, 1.165) is 5.56 Å². The minimum Gasteiger partial charge on any atom is -0.348 e. The van der Waals surface area contributed by atoms with Gasteiger partial charge in [0.05, 0.1) is 12.2 Å². The van der Waals surface area contributed by atoms with Crippen LogP contribution in [0.2, 0.25) is 0 Å². The number of carbonyl (C=O) groups excluding carboxylic acids is 1. The Hall–Kier alpha value is -1.79. The molecule has 0 saturated carbocycles. The van der Waals surface area contributed by atoms with E-state index < -0.39 is 6.04 Å². The van der Waals surface area contributed by atoms with Gasteiger partial charge in [-0.2, -0.15) is 5.10 Å². The number of rotatable bonds is 5. The molecule has 0 radical (unpaired) electrons. The van der Waals surface area contributed by atoms with E-state index in [-0.39, 0.29) is 11.9 Å². The third kappa shape index (κ3) is 3.86. The minimum absolute atomic E-state index is 0.0869. The quantitative estimate of drug-likeness (QED) is 0.829. The van der Waals surface area contributed by atoms with Crippen LogP contribution in [-0.2, 0) is 11.8 Å². The molecular weight excluding hydrogens is 284 g/mol. The van der Waals surface area contributed by atoms with Crippen molar-refractivity contribution in [2.45, 2.75) is 23.9 Å². The summed E-state index contributed by atoms with van der Waals surface area (Å²) in [4.78, 5) is 13.4. The lowest BCUT2D eigenvalue weighted by Gasteiger charge is -2.17. The van der Waals surface area contributed by atoms with Crippen LogP contribution >= 0.6 is 11.8 Å². The summed E-state index contributed by atoms with van der Waals surface area (Å²) in [6.45, 7) is 1.95. The van der Waals surface area contributed by atoms with E-state index >= 15 is 0 Å². The van der Waals surface area contributed by atoms with Crippen LogP contribution in [-0.4, -0.2) is 21.9 Å². The van der Waals surface area contributed by atoms with Gasteiger partial charge < -0.3 is 11.1 Å². The van der Waals surface area contributed by atoms with Crippen molar-refractivity contribution in [2.75, 3.05) is 6.26 Å². The smallest absolute Gasteiger partial charge is 0.242 e. The highest BCUT2D eigenvalue weighted by atomic mass is 32.2. The van der Waals surface area contributed by atoms with Gasteiger partial charge in [0.25, 0.3) is 0 Å². The van der Waals surface area contributed by atoms with E-state index in [4.69, 9.17) is 5.73 Å². The summed E-state index contributed by atoms with van der Waals surface area (Å²) in [7, 11) is 1.80. The number of nitrogens with zero attached hydrogens (tertiary/aromatic N) is 2. The summed E-state index contributed by atoms with van der Waals surface area (Å²) >= 11 is 1.69. The minimum atomic E-state index is -0.702. The highest BCUT2D eigenvalue weighted by Gasteiger charge is 2.19. The molecule has 0 aliphatic rings. The Balaban J connectivity index is 2.00. The number of aromatic nitrogens is 2. The number of aryl methyl sites for hydroxylation is 1. The van der Waals surface area contributed by atoms with Crippen LogP contribution in [0.1, 0.15) is 30.1 Å². The van der Waals surface area contributed by atoms with Crippen LogP contribution in [0.4, 0.5) is 0 Å². The van der Waals surface area contributed by atoms with Crippen LogP contribution in [0.25, 0.3) is 0 Å². The first-order valence-corrected chi connectivity index (χ1v) is 7.92. The lowest BCUT2D eigenvalue weighted by Crippen LogP contribution is -2.35. The first kappa shape index (κ1) is 15.6. The SMILES string of the molecule is CSc1ccc(C(C)NC(=O)C(N)c2cnn(C)c2)cc1. The zero-order chi connectivity index (χ0) is 15.4. The van der Waals surface area contributed by atoms with E-state index in [9.17, 15) is 4.79 Å². The summed E-state index contributed by atoms with van der Waals surface area (Å²) in [5, 5.41) is 6.96. The molecule has 1 aromatic heterocycles. The van der Waals surface area contributed by atoms with Gasteiger partial charge in [0.1, 0.15) is 6.04 Å². The Morgan fingerprint density at radius 3 is 2.52 bits per heavy atom. The third-order valence-corrected chi connectivity index (χ3v) is 4.08. The average molecular weight is 304 g/mol. The Bertz CT molecular complexity index is 608. The van der Waals surface area contributed by atoms with E-state index in [1.54, 1.807) is 35.9 Å². The van der Waals surface area contributed by atoms with Crippen molar-refractivity contribution in [1.82, 2.24) is 15.1 Å². The molecule has 2 aromatic rings. The Labute approximate surface area is 128 Å². The average Bonchev–Trinajstić information content (AvgIpc) is 2.93. The molecular formula is C15H20N4OS. The summed E-state index contributed by atoms with van der Waals surface area (Å²) < 4.78 is 1.63. The molecule has 1 amide bonds. The molecule has 0 bridgehead atoms. The van der Waals surface area contributed by atoms with Crippen molar-refractivity contribution >= 4 is 17.7 Å². The maximum absolute atomic E-state index is 12.2. The summed E-state index contributed by atoms with van der Waals surface area (Å²) in [5.74, 6) is -0.204. The number of nitrogens with two attached hydrogens (primary N) is 1. The first-order chi connectivity index (χ1) is 10.0. The fourth-order valence-corrected chi connectivity index (χ4v) is 2.44. The predicted octanol–water partition coefficient (Wildman–Crippen LogP) is 2.02. The fraction of sp³-hybridized carbons (Fsp3) is 0.333. The Kier molecular flexibility index (Phi) is 5.03. The topological polar surface area (TPSA) is 72.9 Å². The molecule has 21 heavy (non-hydrogen) atoms. The van der Waals surface area contributed by atoms with E-state index in [1.807, 2.05) is 37.4 Å². The number of hydrogen-bond donors (Lipinski definition) is 2. The molecule has 0 spiro atoms. The van der Waals surface area contributed by atoms with Crippen molar-refractivity contribution in [2.24, 2.45) is 12.8 Å².